The number of benzene rings is 1. The van der Waals surface area contributed by atoms with Gasteiger partial charge in [0.05, 0.1) is 12.8 Å². The molecule has 1 atom stereocenters. The first kappa shape index (κ1) is 15.3. The molecule has 2 aromatic rings. The Morgan fingerprint density at radius 2 is 2.24 bits per heavy atom. The summed E-state index contributed by atoms with van der Waals surface area (Å²) in [5, 5.41) is 17.9. The highest BCUT2D eigenvalue weighted by atomic mass is 32.1. The van der Waals surface area contributed by atoms with Crippen molar-refractivity contribution in [3.8, 4) is 11.5 Å². The number of hydrogen-bond acceptors (Lipinski definition) is 6. The molecule has 1 amide bonds. The summed E-state index contributed by atoms with van der Waals surface area (Å²) in [5.74, 6) is -0.0781. The van der Waals surface area contributed by atoms with Gasteiger partial charge in [0.15, 0.2) is 16.6 Å². The smallest absolute Gasteiger partial charge is 0.257 e. The van der Waals surface area contributed by atoms with Crippen LogP contribution in [0.25, 0.3) is 0 Å². The molecule has 112 valence electrons. The van der Waals surface area contributed by atoms with E-state index in [1.54, 1.807) is 12.1 Å². The summed E-state index contributed by atoms with van der Waals surface area (Å²) < 4.78 is 4.94. The molecule has 21 heavy (non-hydrogen) atoms. The number of carbonyl (C=O) groups is 1. The molecule has 1 unspecified atom stereocenters. The van der Waals surface area contributed by atoms with E-state index >= 15 is 0 Å². The van der Waals surface area contributed by atoms with Gasteiger partial charge in [0.2, 0.25) is 0 Å². The Morgan fingerprint density at radius 1 is 1.48 bits per heavy atom. The zero-order chi connectivity index (χ0) is 15.4. The fourth-order valence-corrected chi connectivity index (χ4v) is 2.49. The highest BCUT2D eigenvalue weighted by Crippen LogP contribution is 2.27. The molecule has 0 saturated heterocycles. The van der Waals surface area contributed by atoms with E-state index in [9.17, 15) is 9.90 Å². The third-order valence-corrected chi connectivity index (χ3v) is 3.84. The van der Waals surface area contributed by atoms with Crippen molar-refractivity contribution in [2.45, 2.75) is 13.0 Å². The predicted molar refractivity (Wildman–Crippen MR) is 82.2 cm³/mol. The Morgan fingerprint density at radius 3 is 2.86 bits per heavy atom. The Hall–Kier alpha value is -2.12. The lowest BCUT2D eigenvalue weighted by molar-refractivity contribution is 0.102. The molecule has 1 aromatic heterocycles. The maximum atomic E-state index is 12.1. The quantitative estimate of drug-likeness (QED) is 0.790. The number of thiazole rings is 1. The number of methoxy groups -OCH3 is 1. The molecule has 7 heteroatoms. The van der Waals surface area contributed by atoms with Gasteiger partial charge in [-0.1, -0.05) is 0 Å². The summed E-state index contributed by atoms with van der Waals surface area (Å²) in [6, 6.07) is 4.61. The van der Waals surface area contributed by atoms with Gasteiger partial charge >= 0.3 is 0 Å². The number of aromatic hydroxyl groups is 1. The molecule has 0 aliphatic heterocycles. The van der Waals surface area contributed by atoms with Gasteiger partial charge in [-0.05, 0) is 32.2 Å². The van der Waals surface area contributed by atoms with Gasteiger partial charge in [0, 0.05) is 17.0 Å². The summed E-state index contributed by atoms with van der Waals surface area (Å²) in [4.78, 5) is 16.4. The number of nitrogens with one attached hydrogen (secondary N) is 2. The van der Waals surface area contributed by atoms with E-state index in [0.717, 1.165) is 5.69 Å². The number of phenols is 1. The molecule has 0 fully saturated rings. The zero-order valence-corrected chi connectivity index (χ0v) is 12.8. The molecule has 0 saturated carbocycles. The third kappa shape index (κ3) is 3.50. The molecule has 1 heterocycles. The Labute approximate surface area is 126 Å². The van der Waals surface area contributed by atoms with E-state index < -0.39 is 0 Å². The number of carbonyl (C=O) groups excluding carboxylic acids is 1. The van der Waals surface area contributed by atoms with E-state index in [-0.39, 0.29) is 17.7 Å². The molecule has 0 spiro atoms. The summed E-state index contributed by atoms with van der Waals surface area (Å²) in [7, 11) is 3.30. The van der Waals surface area contributed by atoms with Crippen molar-refractivity contribution in [3.63, 3.8) is 0 Å². The molecule has 0 aliphatic carbocycles. The van der Waals surface area contributed by atoms with E-state index in [4.69, 9.17) is 4.74 Å². The van der Waals surface area contributed by atoms with Crippen LogP contribution in [0.2, 0.25) is 0 Å². The minimum atomic E-state index is -0.328. The number of anilines is 1. The number of aromatic nitrogens is 1. The average molecular weight is 307 g/mol. The predicted octanol–water partition coefficient (Wildman–Crippen LogP) is 2.39. The fraction of sp³-hybridized carbons (Fsp3) is 0.286. The number of rotatable bonds is 5. The Balaban J connectivity index is 2.11. The average Bonchev–Trinajstić information content (AvgIpc) is 2.94. The minimum Gasteiger partial charge on any atom is -0.504 e. The number of hydrogen-bond donors (Lipinski definition) is 3. The Kier molecular flexibility index (Phi) is 4.77. The van der Waals surface area contributed by atoms with Crippen molar-refractivity contribution in [3.05, 3.63) is 34.8 Å². The van der Waals surface area contributed by atoms with Crippen LogP contribution in [0.15, 0.2) is 23.6 Å². The monoisotopic (exact) mass is 307 g/mol. The molecular weight excluding hydrogens is 290 g/mol. The van der Waals surface area contributed by atoms with Gasteiger partial charge in [-0.3, -0.25) is 10.1 Å². The van der Waals surface area contributed by atoms with Crippen LogP contribution in [0.4, 0.5) is 5.13 Å². The normalized spacial score (nSPS) is 12.0. The zero-order valence-electron chi connectivity index (χ0n) is 12.0. The van der Waals surface area contributed by atoms with Crippen LogP contribution in [-0.4, -0.2) is 30.2 Å². The first-order chi connectivity index (χ1) is 10.0. The first-order valence-electron chi connectivity index (χ1n) is 6.36. The lowest BCUT2D eigenvalue weighted by Gasteiger charge is -2.06. The topological polar surface area (TPSA) is 83.5 Å². The number of nitrogens with zero attached hydrogens (tertiary/aromatic N) is 1. The summed E-state index contributed by atoms with van der Waals surface area (Å²) in [5.41, 5.74) is 1.21. The highest BCUT2D eigenvalue weighted by molar-refractivity contribution is 7.14. The van der Waals surface area contributed by atoms with Crippen molar-refractivity contribution in [1.29, 1.82) is 0 Å². The lowest BCUT2D eigenvalue weighted by atomic mass is 10.2. The summed E-state index contributed by atoms with van der Waals surface area (Å²) in [6.07, 6.45) is 0. The van der Waals surface area contributed by atoms with E-state index in [1.165, 1.54) is 24.5 Å². The molecule has 1 aromatic carbocycles. The maximum absolute atomic E-state index is 12.1. The Bertz CT molecular complexity index is 642. The highest BCUT2D eigenvalue weighted by Gasteiger charge is 2.13. The number of ether oxygens (including phenoxy) is 1. The van der Waals surface area contributed by atoms with Crippen LogP contribution in [-0.2, 0) is 0 Å². The van der Waals surface area contributed by atoms with Gasteiger partial charge < -0.3 is 15.2 Å². The maximum Gasteiger partial charge on any atom is 0.257 e. The van der Waals surface area contributed by atoms with Gasteiger partial charge in [-0.2, -0.15) is 0 Å². The van der Waals surface area contributed by atoms with Crippen LogP contribution in [0.5, 0.6) is 11.5 Å². The lowest BCUT2D eigenvalue weighted by Crippen LogP contribution is -2.14. The van der Waals surface area contributed by atoms with Gasteiger partial charge in [-0.15, -0.1) is 11.3 Å². The first-order valence-corrected chi connectivity index (χ1v) is 7.24. The van der Waals surface area contributed by atoms with Crippen molar-refractivity contribution < 1.29 is 14.6 Å². The standard InChI is InChI=1S/C14H17N3O3S/c1-8(15-2)10-7-21-14(16-10)17-13(19)9-4-5-12(20-3)11(18)6-9/h4-8,15,18H,1-3H3,(H,16,17,19). The molecule has 0 aliphatic rings. The summed E-state index contributed by atoms with van der Waals surface area (Å²) >= 11 is 1.36. The van der Waals surface area contributed by atoms with Crippen LogP contribution in [0, 0.1) is 0 Å². The van der Waals surface area contributed by atoms with Crippen molar-refractivity contribution >= 4 is 22.4 Å². The molecule has 3 N–H and O–H groups in total. The van der Waals surface area contributed by atoms with Crippen LogP contribution in [0.3, 0.4) is 0 Å². The molecule has 2 rings (SSSR count). The van der Waals surface area contributed by atoms with Crippen molar-refractivity contribution in [1.82, 2.24) is 10.3 Å². The molecular formula is C14H17N3O3S. The second-order valence-corrected chi connectivity index (χ2v) is 5.29. The fourth-order valence-electron chi connectivity index (χ4n) is 1.69. The molecule has 0 radical (unpaired) electrons. The van der Waals surface area contributed by atoms with Crippen LogP contribution >= 0.6 is 11.3 Å². The third-order valence-electron chi connectivity index (χ3n) is 3.06. The largest absolute Gasteiger partial charge is 0.504 e. The van der Waals surface area contributed by atoms with E-state index in [0.29, 0.717) is 16.4 Å². The van der Waals surface area contributed by atoms with Gasteiger partial charge in [-0.25, -0.2) is 4.98 Å². The van der Waals surface area contributed by atoms with Gasteiger partial charge in [0.1, 0.15) is 0 Å². The molecule has 6 nitrogen and oxygen atoms in total. The SMILES string of the molecule is CNC(C)c1csc(NC(=O)c2ccc(OC)c(O)c2)n1. The minimum absolute atomic E-state index is 0.0752. The second-order valence-electron chi connectivity index (χ2n) is 4.43. The molecule has 0 bridgehead atoms. The van der Waals surface area contributed by atoms with E-state index in [1.807, 2.05) is 19.4 Å². The van der Waals surface area contributed by atoms with E-state index in [2.05, 4.69) is 15.6 Å². The number of amides is 1. The van der Waals surface area contributed by atoms with Gasteiger partial charge in [0.25, 0.3) is 5.91 Å². The summed E-state index contributed by atoms with van der Waals surface area (Å²) in [6.45, 7) is 1.99. The van der Waals surface area contributed by atoms with Crippen LogP contribution < -0.4 is 15.4 Å². The van der Waals surface area contributed by atoms with Crippen molar-refractivity contribution in [2.75, 3.05) is 19.5 Å². The van der Waals surface area contributed by atoms with Crippen molar-refractivity contribution in [2.24, 2.45) is 0 Å². The second kappa shape index (κ2) is 6.55. The number of phenolic OH excluding ortho intramolecular Hbond substituents is 1. The van der Waals surface area contributed by atoms with Crippen LogP contribution in [0.1, 0.15) is 29.0 Å².